The molecule has 1 aromatic heterocycles. The molecule has 19 heavy (non-hydrogen) atoms. The molecule has 0 fully saturated rings. The highest BCUT2D eigenvalue weighted by Crippen LogP contribution is 2.22. The molecule has 3 nitrogen and oxygen atoms in total. The first-order valence-electron chi connectivity index (χ1n) is 6.67. The van der Waals surface area contributed by atoms with Crippen molar-refractivity contribution in [2.75, 3.05) is 11.9 Å². The molecule has 0 spiro atoms. The molecule has 2 rings (SSSR count). The summed E-state index contributed by atoms with van der Waals surface area (Å²) in [5.74, 6) is 1.80. The highest BCUT2D eigenvalue weighted by molar-refractivity contribution is 5.62. The van der Waals surface area contributed by atoms with Crippen LogP contribution >= 0.6 is 0 Å². The fourth-order valence-electron chi connectivity index (χ4n) is 1.85. The quantitative estimate of drug-likeness (QED) is 0.879. The van der Waals surface area contributed by atoms with Crippen LogP contribution in [-0.4, -0.2) is 17.6 Å². The second kappa shape index (κ2) is 6.23. The molecule has 0 aliphatic rings. The predicted molar refractivity (Wildman–Crippen MR) is 79.6 cm³/mol. The SMILES string of the molecule is CCNc1cccc(-c2ccc(OC(C)C)cc2)n1. The lowest BCUT2D eigenvalue weighted by Crippen LogP contribution is -2.05. The predicted octanol–water partition coefficient (Wildman–Crippen LogP) is 3.97. The van der Waals surface area contributed by atoms with Crippen molar-refractivity contribution in [3.8, 4) is 17.0 Å². The number of ether oxygens (including phenoxy) is 1. The summed E-state index contributed by atoms with van der Waals surface area (Å²) in [5, 5.41) is 3.22. The van der Waals surface area contributed by atoms with Gasteiger partial charge in [0, 0.05) is 12.1 Å². The van der Waals surface area contributed by atoms with Gasteiger partial charge in [0.2, 0.25) is 0 Å². The van der Waals surface area contributed by atoms with Crippen LogP contribution in [0.1, 0.15) is 20.8 Å². The number of benzene rings is 1. The molecular formula is C16H20N2O. The van der Waals surface area contributed by atoms with Crippen LogP contribution in [0.2, 0.25) is 0 Å². The maximum Gasteiger partial charge on any atom is 0.126 e. The summed E-state index contributed by atoms with van der Waals surface area (Å²) in [6, 6.07) is 14.0. The second-order valence-electron chi connectivity index (χ2n) is 4.63. The van der Waals surface area contributed by atoms with Gasteiger partial charge in [-0.2, -0.15) is 0 Å². The minimum absolute atomic E-state index is 0.195. The van der Waals surface area contributed by atoms with Gasteiger partial charge in [0.1, 0.15) is 11.6 Å². The molecule has 0 amide bonds. The Kier molecular flexibility index (Phi) is 4.39. The Morgan fingerprint density at radius 1 is 1.11 bits per heavy atom. The molecular weight excluding hydrogens is 236 g/mol. The highest BCUT2D eigenvalue weighted by Gasteiger charge is 2.02. The van der Waals surface area contributed by atoms with Crippen molar-refractivity contribution in [3.05, 3.63) is 42.5 Å². The maximum atomic E-state index is 5.63. The van der Waals surface area contributed by atoms with E-state index in [1.807, 2.05) is 56.3 Å². The average Bonchev–Trinajstić information content (AvgIpc) is 2.40. The molecule has 100 valence electrons. The molecule has 0 aliphatic carbocycles. The van der Waals surface area contributed by atoms with E-state index in [-0.39, 0.29) is 6.10 Å². The second-order valence-corrected chi connectivity index (χ2v) is 4.63. The average molecular weight is 256 g/mol. The zero-order valence-electron chi connectivity index (χ0n) is 11.7. The van der Waals surface area contributed by atoms with Crippen molar-refractivity contribution in [1.82, 2.24) is 4.98 Å². The van der Waals surface area contributed by atoms with E-state index >= 15 is 0 Å². The zero-order valence-corrected chi connectivity index (χ0v) is 11.7. The summed E-state index contributed by atoms with van der Waals surface area (Å²) in [5.41, 5.74) is 2.06. The fourth-order valence-corrected chi connectivity index (χ4v) is 1.85. The topological polar surface area (TPSA) is 34.1 Å². The third kappa shape index (κ3) is 3.71. The van der Waals surface area contributed by atoms with Crippen LogP contribution in [0.4, 0.5) is 5.82 Å². The molecule has 0 saturated carbocycles. The molecule has 0 bridgehead atoms. The maximum absolute atomic E-state index is 5.63. The summed E-state index contributed by atoms with van der Waals surface area (Å²) in [6.07, 6.45) is 0.195. The van der Waals surface area contributed by atoms with E-state index in [1.54, 1.807) is 0 Å². The number of aromatic nitrogens is 1. The lowest BCUT2D eigenvalue weighted by molar-refractivity contribution is 0.242. The van der Waals surface area contributed by atoms with E-state index in [4.69, 9.17) is 4.74 Å². The normalized spacial score (nSPS) is 10.5. The van der Waals surface area contributed by atoms with Gasteiger partial charge in [-0.1, -0.05) is 6.07 Å². The summed E-state index contributed by atoms with van der Waals surface area (Å²) in [7, 11) is 0. The van der Waals surface area contributed by atoms with Crippen LogP contribution in [0.3, 0.4) is 0 Å². The van der Waals surface area contributed by atoms with Crippen LogP contribution < -0.4 is 10.1 Å². The van der Waals surface area contributed by atoms with Gasteiger partial charge in [0.25, 0.3) is 0 Å². The van der Waals surface area contributed by atoms with E-state index in [9.17, 15) is 0 Å². The highest BCUT2D eigenvalue weighted by atomic mass is 16.5. The molecule has 1 aromatic carbocycles. The Bertz CT molecular complexity index is 521. The molecule has 0 unspecified atom stereocenters. The Labute approximate surface area is 114 Å². The first-order valence-corrected chi connectivity index (χ1v) is 6.67. The minimum atomic E-state index is 0.195. The van der Waals surface area contributed by atoms with Crippen molar-refractivity contribution in [2.24, 2.45) is 0 Å². The van der Waals surface area contributed by atoms with Crippen molar-refractivity contribution in [1.29, 1.82) is 0 Å². The van der Waals surface area contributed by atoms with Crippen LogP contribution in [-0.2, 0) is 0 Å². The van der Waals surface area contributed by atoms with Gasteiger partial charge in [-0.3, -0.25) is 0 Å². The van der Waals surface area contributed by atoms with E-state index < -0.39 is 0 Å². The lowest BCUT2D eigenvalue weighted by atomic mass is 10.1. The number of rotatable bonds is 5. The lowest BCUT2D eigenvalue weighted by Gasteiger charge is -2.10. The van der Waals surface area contributed by atoms with Crippen molar-refractivity contribution >= 4 is 5.82 Å². The molecule has 1 N–H and O–H groups in total. The Balaban J connectivity index is 2.19. The standard InChI is InChI=1S/C16H20N2O/c1-4-17-16-7-5-6-15(18-16)13-8-10-14(11-9-13)19-12(2)3/h5-12H,4H2,1-3H3,(H,17,18). The van der Waals surface area contributed by atoms with Gasteiger partial charge >= 0.3 is 0 Å². The molecule has 0 atom stereocenters. The first-order chi connectivity index (χ1) is 9.19. The largest absolute Gasteiger partial charge is 0.491 e. The Morgan fingerprint density at radius 2 is 1.84 bits per heavy atom. The number of nitrogens with one attached hydrogen (secondary N) is 1. The Hall–Kier alpha value is -2.03. The van der Waals surface area contributed by atoms with Gasteiger partial charge in [-0.05, 0) is 57.2 Å². The van der Waals surface area contributed by atoms with Crippen molar-refractivity contribution in [3.63, 3.8) is 0 Å². The van der Waals surface area contributed by atoms with E-state index in [1.165, 1.54) is 0 Å². The van der Waals surface area contributed by atoms with E-state index in [0.29, 0.717) is 0 Å². The summed E-state index contributed by atoms with van der Waals surface area (Å²) in [4.78, 5) is 4.57. The van der Waals surface area contributed by atoms with Gasteiger partial charge < -0.3 is 10.1 Å². The monoisotopic (exact) mass is 256 g/mol. The van der Waals surface area contributed by atoms with Gasteiger partial charge in [-0.15, -0.1) is 0 Å². The third-order valence-corrected chi connectivity index (χ3v) is 2.63. The minimum Gasteiger partial charge on any atom is -0.491 e. The van der Waals surface area contributed by atoms with Gasteiger partial charge in [0.05, 0.1) is 11.8 Å². The van der Waals surface area contributed by atoms with Gasteiger partial charge in [-0.25, -0.2) is 4.98 Å². The summed E-state index contributed by atoms with van der Waals surface area (Å²) in [6.45, 7) is 6.98. The number of hydrogen-bond donors (Lipinski definition) is 1. The van der Waals surface area contributed by atoms with Crippen LogP contribution in [0.15, 0.2) is 42.5 Å². The van der Waals surface area contributed by atoms with Crippen molar-refractivity contribution in [2.45, 2.75) is 26.9 Å². The first kappa shape index (κ1) is 13.4. The fraction of sp³-hybridized carbons (Fsp3) is 0.312. The molecule has 1 heterocycles. The van der Waals surface area contributed by atoms with Crippen LogP contribution in [0.5, 0.6) is 5.75 Å². The summed E-state index contributed by atoms with van der Waals surface area (Å²) >= 11 is 0. The number of pyridine rings is 1. The summed E-state index contributed by atoms with van der Waals surface area (Å²) < 4.78 is 5.63. The number of anilines is 1. The van der Waals surface area contributed by atoms with Crippen LogP contribution in [0, 0.1) is 0 Å². The molecule has 0 aliphatic heterocycles. The molecule has 3 heteroatoms. The smallest absolute Gasteiger partial charge is 0.126 e. The molecule has 0 saturated heterocycles. The van der Waals surface area contributed by atoms with Crippen LogP contribution in [0.25, 0.3) is 11.3 Å². The Morgan fingerprint density at radius 3 is 2.47 bits per heavy atom. The van der Waals surface area contributed by atoms with Crippen molar-refractivity contribution < 1.29 is 4.74 Å². The zero-order chi connectivity index (χ0) is 13.7. The number of nitrogens with zero attached hydrogens (tertiary/aromatic N) is 1. The molecule has 2 aromatic rings. The van der Waals surface area contributed by atoms with E-state index in [2.05, 4.69) is 17.2 Å². The molecule has 0 radical (unpaired) electrons. The van der Waals surface area contributed by atoms with E-state index in [0.717, 1.165) is 29.4 Å². The number of hydrogen-bond acceptors (Lipinski definition) is 3. The van der Waals surface area contributed by atoms with Gasteiger partial charge in [0.15, 0.2) is 0 Å². The third-order valence-electron chi connectivity index (χ3n) is 2.63.